The highest BCUT2D eigenvalue weighted by atomic mass is 16.7. The molecule has 1 aromatic heterocycles. The Labute approximate surface area is 163 Å². The predicted octanol–water partition coefficient (Wildman–Crippen LogP) is 4.68. The molecule has 3 aromatic rings. The lowest BCUT2D eigenvalue weighted by atomic mass is 10.1. The molecule has 142 valence electrons. The summed E-state index contributed by atoms with van der Waals surface area (Å²) in [6.07, 6.45) is 2.42. The molecule has 0 radical (unpaired) electrons. The van der Waals surface area contributed by atoms with Gasteiger partial charge in [-0.2, -0.15) is 0 Å². The maximum absolute atomic E-state index is 12.6. The monoisotopic (exact) mass is 375 g/mol. The Morgan fingerprint density at radius 2 is 1.96 bits per heavy atom. The summed E-state index contributed by atoms with van der Waals surface area (Å²) in [7, 11) is 0. The summed E-state index contributed by atoms with van der Waals surface area (Å²) in [6, 6.07) is 15.1. The first-order chi connectivity index (χ1) is 13.6. The van der Waals surface area contributed by atoms with Gasteiger partial charge >= 0.3 is 0 Å². The van der Waals surface area contributed by atoms with E-state index in [1.54, 1.807) is 18.3 Å². The highest BCUT2D eigenvalue weighted by Gasteiger charge is 2.14. The van der Waals surface area contributed by atoms with Crippen molar-refractivity contribution in [2.75, 3.05) is 17.4 Å². The standard InChI is InChI=1S/C22H21N3O3/c1-3-15-6-4-5-14(2)21(15)25-22(26)16-7-10-20(23-12-16)24-17-8-9-18-19(11-17)28-13-27-18/h4-12H,3,13H2,1-2H3,(H,23,24)(H,25,26). The Hall–Kier alpha value is -3.54. The molecule has 0 fully saturated rings. The van der Waals surface area contributed by atoms with E-state index in [0.29, 0.717) is 17.1 Å². The number of hydrogen-bond donors (Lipinski definition) is 2. The van der Waals surface area contributed by atoms with E-state index >= 15 is 0 Å². The summed E-state index contributed by atoms with van der Waals surface area (Å²) in [5, 5.41) is 6.21. The number of carbonyl (C=O) groups is 1. The summed E-state index contributed by atoms with van der Waals surface area (Å²) < 4.78 is 10.7. The number of nitrogens with zero attached hydrogens (tertiary/aromatic N) is 1. The van der Waals surface area contributed by atoms with Crippen LogP contribution < -0.4 is 20.1 Å². The van der Waals surface area contributed by atoms with Crippen LogP contribution >= 0.6 is 0 Å². The first-order valence-electron chi connectivity index (χ1n) is 9.16. The van der Waals surface area contributed by atoms with Crippen LogP contribution in [0, 0.1) is 6.92 Å². The molecule has 2 N–H and O–H groups in total. The zero-order chi connectivity index (χ0) is 19.5. The summed E-state index contributed by atoms with van der Waals surface area (Å²) in [5.74, 6) is 1.89. The molecule has 0 atom stereocenters. The van der Waals surface area contributed by atoms with Crippen molar-refractivity contribution < 1.29 is 14.3 Å². The van der Waals surface area contributed by atoms with Crippen LogP contribution in [0.2, 0.25) is 0 Å². The van der Waals surface area contributed by atoms with Crippen LogP contribution in [0.1, 0.15) is 28.4 Å². The molecule has 4 rings (SSSR count). The average molecular weight is 375 g/mol. The van der Waals surface area contributed by atoms with E-state index in [2.05, 4.69) is 22.5 Å². The Kier molecular flexibility index (Phi) is 4.85. The zero-order valence-electron chi connectivity index (χ0n) is 15.8. The molecule has 0 aliphatic carbocycles. The van der Waals surface area contributed by atoms with Crippen molar-refractivity contribution in [1.29, 1.82) is 0 Å². The van der Waals surface area contributed by atoms with Crippen molar-refractivity contribution in [3.8, 4) is 11.5 Å². The SMILES string of the molecule is CCc1cccc(C)c1NC(=O)c1ccc(Nc2ccc3c(c2)OCO3)nc1. The van der Waals surface area contributed by atoms with Crippen molar-refractivity contribution in [1.82, 2.24) is 4.98 Å². The van der Waals surface area contributed by atoms with Crippen LogP contribution in [-0.4, -0.2) is 17.7 Å². The van der Waals surface area contributed by atoms with Gasteiger partial charge in [-0.15, -0.1) is 0 Å². The maximum Gasteiger partial charge on any atom is 0.257 e. The van der Waals surface area contributed by atoms with Gasteiger partial charge < -0.3 is 20.1 Å². The predicted molar refractivity (Wildman–Crippen MR) is 109 cm³/mol. The zero-order valence-corrected chi connectivity index (χ0v) is 15.8. The van der Waals surface area contributed by atoms with Gasteiger partial charge in [0.15, 0.2) is 11.5 Å². The second-order valence-electron chi connectivity index (χ2n) is 6.54. The van der Waals surface area contributed by atoms with Gasteiger partial charge in [0.1, 0.15) is 5.82 Å². The van der Waals surface area contributed by atoms with E-state index in [4.69, 9.17) is 9.47 Å². The van der Waals surface area contributed by atoms with Crippen molar-refractivity contribution in [2.45, 2.75) is 20.3 Å². The third-order valence-electron chi connectivity index (χ3n) is 4.65. The Bertz CT molecular complexity index is 1020. The Morgan fingerprint density at radius 3 is 2.75 bits per heavy atom. The third-order valence-corrected chi connectivity index (χ3v) is 4.65. The molecule has 0 bridgehead atoms. The minimum atomic E-state index is -0.175. The molecule has 6 heteroatoms. The normalized spacial score (nSPS) is 11.9. The molecule has 1 amide bonds. The van der Waals surface area contributed by atoms with Crippen LogP contribution in [0.5, 0.6) is 11.5 Å². The molecule has 6 nitrogen and oxygen atoms in total. The molecule has 28 heavy (non-hydrogen) atoms. The fourth-order valence-electron chi connectivity index (χ4n) is 3.11. The van der Waals surface area contributed by atoms with Gasteiger partial charge in [-0.1, -0.05) is 25.1 Å². The number of rotatable bonds is 5. The third kappa shape index (κ3) is 3.62. The number of ether oxygens (including phenoxy) is 2. The minimum Gasteiger partial charge on any atom is -0.454 e. The van der Waals surface area contributed by atoms with Gasteiger partial charge in [0.2, 0.25) is 6.79 Å². The number of anilines is 3. The largest absolute Gasteiger partial charge is 0.454 e. The number of aryl methyl sites for hydroxylation is 2. The highest BCUT2D eigenvalue weighted by Crippen LogP contribution is 2.34. The van der Waals surface area contributed by atoms with Crippen molar-refractivity contribution in [3.63, 3.8) is 0 Å². The first kappa shape index (κ1) is 17.9. The van der Waals surface area contributed by atoms with Crippen LogP contribution in [0.25, 0.3) is 0 Å². The van der Waals surface area contributed by atoms with Crippen molar-refractivity contribution in [2.24, 2.45) is 0 Å². The highest BCUT2D eigenvalue weighted by molar-refractivity contribution is 6.05. The first-order valence-corrected chi connectivity index (χ1v) is 9.16. The quantitative estimate of drug-likeness (QED) is 0.678. The number of pyridine rings is 1. The number of hydrogen-bond acceptors (Lipinski definition) is 5. The lowest BCUT2D eigenvalue weighted by Gasteiger charge is -2.13. The van der Waals surface area contributed by atoms with E-state index in [1.807, 2.05) is 43.3 Å². The topological polar surface area (TPSA) is 72.5 Å². The number of benzene rings is 2. The van der Waals surface area contributed by atoms with Gasteiger partial charge in [0, 0.05) is 23.6 Å². The number of carbonyl (C=O) groups excluding carboxylic acids is 1. The molecular weight excluding hydrogens is 354 g/mol. The van der Waals surface area contributed by atoms with E-state index in [-0.39, 0.29) is 12.7 Å². The van der Waals surface area contributed by atoms with Crippen LogP contribution in [0.3, 0.4) is 0 Å². The summed E-state index contributed by atoms with van der Waals surface area (Å²) in [5.41, 5.74) is 4.37. The summed E-state index contributed by atoms with van der Waals surface area (Å²) in [4.78, 5) is 17.0. The number of aromatic nitrogens is 1. The molecule has 0 unspecified atom stereocenters. The lowest BCUT2D eigenvalue weighted by Crippen LogP contribution is -2.14. The number of nitrogens with one attached hydrogen (secondary N) is 2. The molecule has 0 saturated heterocycles. The molecular formula is C22H21N3O3. The van der Waals surface area contributed by atoms with E-state index in [0.717, 1.165) is 34.7 Å². The van der Waals surface area contributed by atoms with Crippen LogP contribution in [0.15, 0.2) is 54.7 Å². The summed E-state index contributed by atoms with van der Waals surface area (Å²) in [6.45, 7) is 4.30. The second-order valence-corrected chi connectivity index (χ2v) is 6.54. The average Bonchev–Trinajstić information content (AvgIpc) is 3.18. The fraction of sp³-hybridized carbons (Fsp3) is 0.182. The molecule has 0 spiro atoms. The van der Waals surface area contributed by atoms with Gasteiger partial charge in [-0.3, -0.25) is 4.79 Å². The molecule has 1 aliphatic rings. The number of fused-ring (bicyclic) bond motifs is 1. The van der Waals surface area contributed by atoms with Gasteiger partial charge in [0.25, 0.3) is 5.91 Å². The smallest absolute Gasteiger partial charge is 0.257 e. The summed E-state index contributed by atoms with van der Waals surface area (Å²) >= 11 is 0. The fourth-order valence-corrected chi connectivity index (χ4v) is 3.11. The number of para-hydroxylation sites is 1. The van der Waals surface area contributed by atoms with Gasteiger partial charge in [-0.05, 0) is 48.7 Å². The van der Waals surface area contributed by atoms with Crippen molar-refractivity contribution >= 4 is 23.1 Å². The van der Waals surface area contributed by atoms with E-state index < -0.39 is 0 Å². The molecule has 0 saturated carbocycles. The minimum absolute atomic E-state index is 0.175. The molecule has 1 aliphatic heterocycles. The maximum atomic E-state index is 12.6. The number of amides is 1. The molecule has 2 aromatic carbocycles. The van der Waals surface area contributed by atoms with Crippen LogP contribution in [-0.2, 0) is 6.42 Å². The van der Waals surface area contributed by atoms with Crippen molar-refractivity contribution in [3.05, 3.63) is 71.4 Å². The Balaban J connectivity index is 1.46. The van der Waals surface area contributed by atoms with Crippen LogP contribution in [0.4, 0.5) is 17.2 Å². The molecule has 2 heterocycles. The Morgan fingerprint density at radius 1 is 1.11 bits per heavy atom. The van der Waals surface area contributed by atoms with E-state index in [1.165, 1.54) is 0 Å². The van der Waals surface area contributed by atoms with E-state index in [9.17, 15) is 4.79 Å². The van der Waals surface area contributed by atoms with Gasteiger partial charge in [0.05, 0.1) is 5.56 Å². The second kappa shape index (κ2) is 7.60. The lowest BCUT2D eigenvalue weighted by molar-refractivity contribution is 0.102. The van der Waals surface area contributed by atoms with Gasteiger partial charge in [-0.25, -0.2) is 4.98 Å².